The standard InChI is InChI=1S/C22H30FN5O3S/c1-17(2)27-15-21(24-16-27)32(30,31)28-9-7-18(8-10-28)22(29)26-13-11-25(12-14-26)20-6-4-3-5-19(20)23/h3-6,15-18H,7-14H2,1-2H3. The Bertz CT molecular complexity index is 1060. The molecule has 0 radical (unpaired) electrons. The topological polar surface area (TPSA) is 78.8 Å². The number of carbonyl (C=O) groups excluding carboxylic acids is 1. The van der Waals surface area contributed by atoms with Crippen molar-refractivity contribution in [3.05, 3.63) is 42.6 Å². The summed E-state index contributed by atoms with van der Waals surface area (Å²) in [6, 6.07) is 6.81. The second kappa shape index (κ2) is 9.19. The van der Waals surface area contributed by atoms with Crippen molar-refractivity contribution in [1.82, 2.24) is 18.8 Å². The number of nitrogens with zero attached hydrogens (tertiary/aromatic N) is 5. The van der Waals surface area contributed by atoms with Crippen LogP contribution in [0.5, 0.6) is 0 Å². The number of piperidine rings is 1. The van der Waals surface area contributed by atoms with Crippen molar-refractivity contribution in [3.63, 3.8) is 0 Å². The average Bonchev–Trinajstić information content (AvgIpc) is 3.31. The molecule has 0 aliphatic carbocycles. The second-order valence-corrected chi connectivity index (χ2v) is 10.6. The van der Waals surface area contributed by atoms with E-state index in [4.69, 9.17) is 0 Å². The minimum atomic E-state index is -3.66. The van der Waals surface area contributed by atoms with E-state index in [0.717, 1.165) is 0 Å². The van der Waals surface area contributed by atoms with E-state index < -0.39 is 10.0 Å². The van der Waals surface area contributed by atoms with Crippen LogP contribution in [0.3, 0.4) is 0 Å². The van der Waals surface area contributed by atoms with Crippen molar-refractivity contribution >= 4 is 21.6 Å². The lowest BCUT2D eigenvalue weighted by molar-refractivity contribution is -0.137. The van der Waals surface area contributed by atoms with Gasteiger partial charge in [-0.1, -0.05) is 12.1 Å². The monoisotopic (exact) mass is 463 g/mol. The fourth-order valence-corrected chi connectivity index (χ4v) is 5.73. The van der Waals surface area contributed by atoms with E-state index in [2.05, 4.69) is 4.98 Å². The van der Waals surface area contributed by atoms with Crippen LogP contribution in [0.1, 0.15) is 32.7 Å². The molecule has 8 nitrogen and oxygen atoms in total. The van der Waals surface area contributed by atoms with E-state index in [0.29, 0.717) is 57.8 Å². The van der Waals surface area contributed by atoms with Crippen LogP contribution in [0.4, 0.5) is 10.1 Å². The highest BCUT2D eigenvalue weighted by Crippen LogP contribution is 2.26. The van der Waals surface area contributed by atoms with Gasteiger partial charge in [0, 0.05) is 57.4 Å². The smallest absolute Gasteiger partial charge is 0.262 e. The minimum absolute atomic E-state index is 0.0558. The van der Waals surface area contributed by atoms with E-state index in [9.17, 15) is 17.6 Å². The van der Waals surface area contributed by atoms with Gasteiger partial charge < -0.3 is 14.4 Å². The lowest BCUT2D eigenvalue weighted by Crippen LogP contribution is -2.52. The molecule has 1 amide bonds. The first-order valence-corrected chi connectivity index (χ1v) is 12.5. The predicted molar refractivity (Wildman–Crippen MR) is 119 cm³/mol. The van der Waals surface area contributed by atoms with E-state index in [1.807, 2.05) is 29.7 Å². The van der Waals surface area contributed by atoms with Crippen molar-refractivity contribution < 1.29 is 17.6 Å². The van der Waals surface area contributed by atoms with Crippen molar-refractivity contribution in [2.24, 2.45) is 5.92 Å². The SMILES string of the molecule is CC(C)n1cnc(S(=O)(=O)N2CCC(C(=O)N3CCN(c4ccccc4F)CC3)CC2)c1. The third-order valence-corrected chi connectivity index (χ3v) is 8.15. The molecule has 2 aliphatic rings. The number of sulfonamides is 1. The first-order chi connectivity index (χ1) is 15.3. The molecule has 4 rings (SSSR count). The van der Waals surface area contributed by atoms with Crippen LogP contribution < -0.4 is 4.90 Å². The Morgan fingerprint density at radius 1 is 1.06 bits per heavy atom. The van der Waals surface area contributed by atoms with Crippen LogP contribution in [0, 0.1) is 11.7 Å². The Labute approximate surface area is 188 Å². The number of amides is 1. The molecule has 0 unspecified atom stereocenters. The molecule has 0 bridgehead atoms. The van der Waals surface area contributed by atoms with Gasteiger partial charge in [0.25, 0.3) is 10.0 Å². The van der Waals surface area contributed by atoms with Crippen LogP contribution >= 0.6 is 0 Å². The molecule has 1 aromatic heterocycles. The van der Waals surface area contributed by atoms with Gasteiger partial charge in [0.15, 0.2) is 5.03 Å². The highest BCUT2D eigenvalue weighted by Gasteiger charge is 2.35. The number of para-hydroxylation sites is 1. The molecular formula is C22H30FN5O3S. The maximum Gasteiger partial charge on any atom is 0.262 e. The summed E-state index contributed by atoms with van der Waals surface area (Å²) >= 11 is 0. The molecule has 2 fully saturated rings. The Kier molecular flexibility index (Phi) is 6.52. The van der Waals surface area contributed by atoms with E-state index in [1.54, 1.807) is 22.9 Å². The molecule has 10 heteroatoms. The van der Waals surface area contributed by atoms with Gasteiger partial charge in [-0.25, -0.2) is 17.8 Å². The summed E-state index contributed by atoms with van der Waals surface area (Å²) in [6.45, 7) is 6.79. The predicted octanol–water partition coefficient (Wildman–Crippen LogP) is 2.35. The summed E-state index contributed by atoms with van der Waals surface area (Å²) in [5.41, 5.74) is 0.568. The highest BCUT2D eigenvalue weighted by molar-refractivity contribution is 7.89. The number of anilines is 1. The Morgan fingerprint density at radius 3 is 2.31 bits per heavy atom. The lowest BCUT2D eigenvalue weighted by atomic mass is 9.96. The zero-order valence-corrected chi connectivity index (χ0v) is 19.3. The summed E-state index contributed by atoms with van der Waals surface area (Å²) < 4.78 is 43.1. The molecule has 32 heavy (non-hydrogen) atoms. The largest absolute Gasteiger partial charge is 0.366 e. The van der Waals surface area contributed by atoms with Crippen LogP contribution in [0.2, 0.25) is 0 Å². The number of benzene rings is 1. The van der Waals surface area contributed by atoms with E-state index in [1.165, 1.54) is 16.7 Å². The molecule has 0 atom stereocenters. The summed E-state index contributed by atoms with van der Waals surface area (Å²) in [5, 5.41) is 0.0558. The number of aromatic nitrogens is 2. The molecule has 0 saturated carbocycles. The minimum Gasteiger partial charge on any atom is -0.366 e. The number of imidazole rings is 1. The lowest BCUT2D eigenvalue weighted by Gasteiger charge is -2.39. The Morgan fingerprint density at radius 2 is 1.72 bits per heavy atom. The maximum atomic E-state index is 14.0. The molecule has 2 saturated heterocycles. The quantitative estimate of drug-likeness (QED) is 0.680. The number of hydrogen-bond donors (Lipinski definition) is 0. The fourth-order valence-electron chi connectivity index (χ4n) is 4.34. The third-order valence-electron chi connectivity index (χ3n) is 6.37. The van der Waals surface area contributed by atoms with Gasteiger partial charge in [0.2, 0.25) is 5.91 Å². The molecule has 3 heterocycles. The van der Waals surface area contributed by atoms with Crippen molar-refractivity contribution in [2.75, 3.05) is 44.2 Å². The second-order valence-electron chi connectivity index (χ2n) is 8.69. The third kappa shape index (κ3) is 4.52. The first-order valence-electron chi connectivity index (χ1n) is 11.1. The average molecular weight is 464 g/mol. The summed E-state index contributed by atoms with van der Waals surface area (Å²) in [7, 11) is -3.66. The number of carbonyl (C=O) groups is 1. The molecule has 174 valence electrons. The summed E-state index contributed by atoms with van der Waals surface area (Å²) in [6.07, 6.45) is 4.09. The number of rotatable bonds is 5. The zero-order valence-electron chi connectivity index (χ0n) is 18.5. The van der Waals surface area contributed by atoms with Gasteiger partial charge in [-0.15, -0.1) is 0 Å². The van der Waals surface area contributed by atoms with Crippen molar-refractivity contribution in [2.45, 2.75) is 37.8 Å². The molecule has 0 spiro atoms. The van der Waals surface area contributed by atoms with Gasteiger partial charge in [0.05, 0.1) is 12.0 Å². The fraction of sp³-hybridized carbons (Fsp3) is 0.545. The van der Waals surface area contributed by atoms with Crippen LogP contribution in [-0.2, 0) is 14.8 Å². The summed E-state index contributed by atoms with van der Waals surface area (Å²) in [4.78, 5) is 20.9. The van der Waals surface area contributed by atoms with Crippen LogP contribution in [0.25, 0.3) is 0 Å². The summed E-state index contributed by atoms with van der Waals surface area (Å²) in [5.74, 6) is -0.368. The highest BCUT2D eigenvalue weighted by atomic mass is 32.2. The number of halogens is 1. The van der Waals surface area contributed by atoms with E-state index in [-0.39, 0.29) is 28.7 Å². The van der Waals surface area contributed by atoms with Crippen molar-refractivity contribution in [1.29, 1.82) is 0 Å². The van der Waals surface area contributed by atoms with E-state index >= 15 is 0 Å². The zero-order chi connectivity index (χ0) is 22.9. The molecular weight excluding hydrogens is 433 g/mol. The molecule has 2 aliphatic heterocycles. The molecule has 0 N–H and O–H groups in total. The van der Waals surface area contributed by atoms with Crippen LogP contribution in [0.15, 0.2) is 41.8 Å². The van der Waals surface area contributed by atoms with Gasteiger partial charge in [-0.2, -0.15) is 4.31 Å². The molecule has 2 aromatic rings. The first kappa shape index (κ1) is 22.7. The van der Waals surface area contributed by atoms with Crippen molar-refractivity contribution in [3.8, 4) is 0 Å². The van der Waals surface area contributed by atoms with Gasteiger partial charge in [0.1, 0.15) is 5.82 Å². The normalized spacial score (nSPS) is 19.0. The van der Waals surface area contributed by atoms with Gasteiger partial charge >= 0.3 is 0 Å². The van der Waals surface area contributed by atoms with Crippen LogP contribution in [-0.4, -0.2) is 72.3 Å². The molecule has 1 aromatic carbocycles. The number of hydrogen-bond acceptors (Lipinski definition) is 5. The van der Waals surface area contributed by atoms with Gasteiger partial charge in [-0.05, 0) is 38.8 Å². The maximum absolute atomic E-state index is 14.0. The number of piperazine rings is 1. The Balaban J connectivity index is 1.31. The Hall–Kier alpha value is -2.46. The van der Waals surface area contributed by atoms with Gasteiger partial charge in [-0.3, -0.25) is 4.79 Å².